The fraction of sp³-hybridized carbons (Fsp3) is 0.917. The fourth-order valence-electron chi connectivity index (χ4n) is 2.20. The van der Waals surface area contributed by atoms with Crippen molar-refractivity contribution in [3.8, 4) is 0 Å². The molecule has 4 nitrogen and oxygen atoms in total. The van der Waals surface area contributed by atoms with E-state index in [1.165, 1.54) is 58.2 Å². The molecule has 4 heteroatoms. The number of nitrogens with one attached hydrogen (secondary N) is 2. The molecule has 0 atom stereocenters. The number of carbonyl (C=O) groups excluding carboxylic acids is 1. The number of hydrazine groups is 1. The lowest BCUT2D eigenvalue weighted by atomic mass is 10.1. The van der Waals surface area contributed by atoms with Crippen molar-refractivity contribution in [2.75, 3.05) is 26.2 Å². The first kappa shape index (κ1) is 13.5. The molecule has 0 aromatic rings. The maximum Gasteiger partial charge on any atom is 0.221 e. The molecule has 0 bridgehead atoms. The first-order valence-electron chi connectivity index (χ1n) is 6.58. The minimum absolute atomic E-state index is 0.677. The van der Waals surface area contributed by atoms with Crippen LogP contribution >= 0.6 is 0 Å². The second-order valence-electron chi connectivity index (χ2n) is 4.51. The van der Waals surface area contributed by atoms with Gasteiger partial charge in [0.2, 0.25) is 6.41 Å². The maximum atomic E-state index is 9.94. The predicted molar refractivity (Wildman–Crippen MR) is 66.0 cm³/mol. The molecule has 0 radical (unpaired) electrons. The van der Waals surface area contributed by atoms with Crippen LogP contribution in [0.1, 0.15) is 44.9 Å². The minimum atomic E-state index is 0.677. The molecule has 1 saturated heterocycles. The quantitative estimate of drug-likeness (QED) is 0.354. The lowest BCUT2D eigenvalue weighted by Crippen LogP contribution is -2.31. The zero-order valence-electron chi connectivity index (χ0n) is 10.2. The van der Waals surface area contributed by atoms with Gasteiger partial charge in [-0.1, -0.05) is 19.3 Å². The Morgan fingerprint density at radius 1 is 1.00 bits per heavy atom. The molecule has 0 unspecified atom stereocenters. The molecule has 1 rings (SSSR count). The second kappa shape index (κ2) is 9.60. The van der Waals surface area contributed by atoms with Crippen LogP contribution in [0.25, 0.3) is 0 Å². The van der Waals surface area contributed by atoms with Crippen LogP contribution in [0.4, 0.5) is 0 Å². The Kier molecular flexibility index (Phi) is 8.08. The van der Waals surface area contributed by atoms with Gasteiger partial charge < -0.3 is 4.90 Å². The summed E-state index contributed by atoms with van der Waals surface area (Å²) >= 11 is 0. The number of carbonyl (C=O) groups is 1. The molecule has 0 spiro atoms. The molecule has 94 valence electrons. The molecule has 1 aliphatic rings. The zero-order chi connectivity index (χ0) is 11.5. The van der Waals surface area contributed by atoms with E-state index in [0.717, 1.165) is 13.0 Å². The molecule has 16 heavy (non-hydrogen) atoms. The van der Waals surface area contributed by atoms with E-state index in [-0.39, 0.29) is 0 Å². The van der Waals surface area contributed by atoms with Gasteiger partial charge in [-0.3, -0.25) is 10.2 Å². The lowest BCUT2D eigenvalue weighted by molar-refractivity contribution is -0.110. The van der Waals surface area contributed by atoms with Crippen molar-refractivity contribution in [1.82, 2.24) is 15.8 Å². The molecule has 0 aliphatic carbocycles. The van der Waals surface area contributed by atoms with Crippen LogP contribution in [0, 0.1) is 0 Å². The van der Waals surface area contributed by atoms with Gasteiger partial charge in [0.15, 0.2) is 0 Å². The van der Waals surface area contributed by atoms with Gasteiger partial charge in [-0.15, -0.1) is 0 Å². The van der Waals surface area contributed by atoms with Gasteiger partial charge in [0.25, 0.3) is 0 Å². The van der Waals surface area contributed by atoms with Crippen LogP contribution in [0.5, 0.6) is 0 Å². The van der Waals surface area contributed by atoms with E-state index in [0.29, 0.717) is 6.41 Å². The van der Waals surface area contributed by atoms with Crippen LogP contribution in [0.3, 0.4) is 0 Å². The SMILES string of the molecule is O=CNNCCCCCCN1CCCCC1. The van der Waals surface area contributed by atoms with E-state index < -0.39 is 0 Å². The van der Waals surface area contributed by atoms with Crippen LogP contribution < -0.4 is 10.9 Å². The highest BCUT2D eigenvalue weighted by Crippen LogP contribution is 2.10. The first-order valence-corrected chi connectivity index (χ1v) is 6.58. The van der Waals surface area contributed by atoms with Crippen molar-refractivity contribution in [3.05, 3.63) is 0 Å². The number of rotatable bonds is 9. The van der Waals surface area contributed by atoms with Crippen molar-refractivity contribution in [2.45, 2.75) is 44.9 Å². The fourth-order valence-corrected chi connectivity index (χ4v) is 2.20. The Morgan fingerprint density at radius 2 is 1.75 bits per heavy atom. The third-order valence-electron chi connectivity index (χ3n) is 3.14. The lowest BCUT2D eigenvalue weighted by Gasteiger charge is -2.26. The third-order valence-corrected chi connectivity index (χ3v) is 3.14. The Morgan fingerprint density at radius 3 is 2.50 bits per heavy atom. The highest BCUT2D eigenvalue weighted by Gasteiger charge is 2.08. The smallest absolute Gasteiger partial charge is 0.221 e. The highest BCUT2D eigenvalue weighted by molar-refractivity contribution is 5.44. The average molecular weight is 227 g/mol. The zero-order valence-corrected chi connectivity index (χ0v) is 10.2. The molecule has 0 aromatic carbocycles. The highest BCUT2D eigenvalue weighted by atomic mass is 16.1. The van der Waals surface area contributed by atoms with Crippen LogP contribution in [-0.4, -0.2) is 37.5 Å². The van der Waals surface area contributed by atoms with E-state index in [1.807, 2.05) is 0 Å². The van der Waals surface area contributed by atoms with E-state index >= 15 is 0 Å². The number of nitrogens with zero attached hydrogens (tertiary/aromatic N) is 1. The van der Waals surface area contributed by atoms with Crippen LogP contribution in [-0.2, 0) is 4.79 Å². The van der Waals surface area contributed by atoms with Crippen molar-refractivity contribution in [2.24, 2.45) is 0 Å². The third kappa shape index (κ3) is 6.80. The van der Waals surface area contributed by atoms with Crippen molar-refractivity contribution in [1.29, 1.82) is 0 Å². The van der Waals surface area contributed by atoms with Gasteiger partial charge in [0.1, 0.15) is 0 Å². The molecule has 2 N–H and O–H groups in total. The summed E-state index contributed by atoms with van der Waals surface area (Å²) in [7, 11) is 0. The molecule has 1 fully saturated rings. The average Bonchev–Trinajstić information content (AvgIpc) is 2.34. The van der Waals surface area contributed by atoms with Crippen LogP contribution in [0.2, 0.25) is 0 Å². The number of hydrogen-bond acceptors (Lipinski definition) is 3. The predicted octanol–water partition coefficient (Wildman–Crippen LogP) is 1.28. The Hall–Kier alpha value is -0.610. The number of hydrogen-bond donors (Lipinski definition) is 2. The summed E-state index contributed by atoms with van der Waals surface area (Å²) in [5.74, 6) is 0. The first-order chi connectivity index (χ1) is 7.93. The normalized spacial score (nSPS) is 17.2. The molecule has 1 aliphatic heterocycles. The molecular formula is C12H25N3O. The van der Waals surface area contributed by atoms with E-state index in [9.17, 15) is 4.79 Å². The van der Waals surface area contributed by atoms with Crippen molar-refractivity contribution >= 4 is 6.41 Å². The summed E-state index contributed by atoms with van der Waals surface area (Å²) < 4.78 is 0. The Bertz CT molecular complexity index is 170. The molecule has 0 saturated carbocycles. The largest absolute Gasteiger partial charge is 0.303 e. The van der Waals surface area contributed by atoms with E-state index in [2.05, 4.69) is 15.8 Å². The number of likely N-dealkylation sites (tertiary alicyclic amines) is 1. The molecular weight excluding hydrogens is 202 g/mol. The second-order valence-corrected chi connectivity index (χ2v) is 4.51. The van der Waals surface area contributed by atoms with Crippen molar-refractivity contribution in [3.63, 3.8) is 0 Å². The summed E-state index contributed by atoms with van der Waals surface area (Å²) in [4.78, 5) is 12.5. The molecule has 1 heterocycles. The number of piperidine rings is 1. The summed E-state index contributed by atoms with van der Waals surface area (Å²) in [6.45, 7) is 4.78. The number of amides is 1. The van der Waals surface area contributed by atoms with E-state index in [1.54, 1.807) is 0 Å². The topological polar surface area (TPSA) is 44.4 Å². The van der Waals surface area contributed by atoms with E-state index in [4.69, 9.17) is 0 Å². The molecule has 1 amide bonds. The van der Waals surface area contributed by atoms with Gasteiger partial charge in [0, 0.05) is 6.54 Å². The minimum Gasteiger partial charge on any atom is -0.303 e. The van der Waals surface area contributed by atoms with Gasteiger partial charge >= 0.3 is 0 Å². The standard InChI is InChI=1S/C12H25N3O/c16-12-14-13-8-4-1-2-5-9-15-10-6-3-7-11-15/h12-13H,1-11H2,(H,14,16). The Balaban J connectivity index is 1.78. The maximum absolute atomic E-state index is 9.94. The summed E-state index contributed by atoms with van der Waals surface area (Å²) in [5, 5.41) is 0. The Labute approximate surface area is 98.7 Å². The van der Waals surface area contributed by atoms with Gasteiger partial charge in [-0.05, 0) is 45.3 Å². The number of unbranched alkanes of at least 4 members (excludes halogenated alkanes) is 3. The van der Waals surface area contributed by atoms with Gasteiger partial charge in [-0.25, -0.2) is 5.43 Å². The van der Waals surface area contributed by atoms with Crippen LogP contribution in [0.15, 0.2) is 0 Å². The van der Waals surface area contributed by atoms with Gasteiger partial charge in [-0.2, -0.15) is 0 Å². The molecule has 0 aromatic heterocycles. The summed E-state index contributed by atoms with van der Waals surface area (Å²) in [6, 6.07) is 0. The summed E-state index contributed by atoms with van der Waals surface area (Å²) in [6.07, 6.45) is 9.90. The van der Waals surface area contributed by atoms with Gasteiger partial charge in [0.05, 0.1) is 0 Å². The monoisotopic (exact) mass is 227 g/mol. The summed E-state index contributed by atoms with van der Waals surface area (Å²) in [5.41, 5.74) is 5.30. The van der Waals surface area contributed by atoms with Crippen molar-refractivity contribution < 1.29 is 4.79 Å².